The third kappa shape index (κ3) is 11.4. The predicted molar refractivity (Wildman–Crippen MR) is 304 cm³/mol. The minimum Gasteiger partial charge on any atom is -0.463 e. The topological polar surface area (TPSA) is 84.9 Å². The number of esters is 1. The molecule has 3 aromatic heterocycles. The van der Waals surface area contributed by atoms with Gasteiger partial charge < -0.3 is 24.1 Å². The maximum atomic E-state index is 12.2. The molecule has 0 aliphatic heterocycles. The lowest BCUT2D eigenvalue weighted by molar-refractivity contribution is -0.144. The average molecular weight is 1020 g/mol. The van der Waals surface area contributed by atoms with Crippen molar-refractivity contribution in [1.29, 1.82) is 0 Å². The Morgan fingerprint density at radius 3 is 1.22 bits per heavy atom. The monoisotopic (exact) mass is 1010 g/mol. The number of aromatic nitrogens is 2. The largest absolute Gasteiger partial charge is 0.463 e. The normalized spacial score (nSPS) is 11.2. The number of rotatable bonds is 19. The first-order chi connectivity index (χ1) is 35.7. The van der Waals surface area contributed by atoms with Crippen LogP contribution in [0.2, 0.25) is 0 Å². The quantitative estimate of drug-likeness (QED) is 0.0585. The van der Waals surface area contributed by atoms with E-state index in [1.807, 2.05) is 0 Å². The average Bonchev–Trinajstić information content (AvgIpc) is 4.23. The number of fused-ring (bicyclic) bond motifs is 1. The highest BCUT2D eigenvalue weighted by molar-refractivity contribution is 7.19. The summed E-state index contributed by atoms with van der Waals surface area (Å²) >= 11 is 4.78. The van der Waals surface area contributed by atoms with Crippen LogP contribution in [0, 0.1) is 13.8 Å². The van der Waals surface area contributed by atoms with E-state index in [1.165, 1.54) is 32.6 Å². The summed E-state index contributed by atoms with van der Waals surface area (Å²) in [6.07, 6.45) is 2.22. The Morgan fingerprint density at radius 2 is 0.822 bits per heavy atom. The van der Waals surface area contributed by atoms with Gasteiger partial charge in [0.15, 0.2) is 0 Å². The zero-order chi connectivity index (χ0) is 50.3. The molecule has 10 rings (SSSR count). The second kappa shape index (κ2) is 22.5. The van der Waals surface area contributed by atoms with Gasteiger partial charge in [-0.15, -0.1) is 22.7 Å². The molecule has 0 saturated heterocycles. The van der Waals surface area contributed by atoms with E-state index in [9.17, 15) is 9.59 Å². The molecule has 0 amide bonds. The van der Waals surface area contributed by atoms with Gasteiger partial charge in [-0.3, -0.25) is 4.79 Å². The Bertz CT molecular complexity index is 3470. The molecule has 0 unspecified atom stereocenters. The fourth-order valence-electron chi connectivity index (χ4n) is 8.87. The van der Waals surface area contributed by atoms with Crippen LogP contribution in [0.5, 0.6) is 0 Å². The first-order valence-electron chi connectivity index (χ1n) is 24.4. The minimum absolute atomic E-state index is 0.204. The summed E-state index contributed by atoms with van der Waals surface area (Å²) in [5, 5.41) is 0. The fourth-order valence-corrected chi connectivity index (χ4v) is 11.5. The summed E-state index contributed by atoms with van der Waals surface area (Å²) in [5.74, 6) is -0.0176. The van der Waals surface area contributed by atoms with Crippen LogP contribution >= 0.6 is 34.4 Å². The van der Waals surface area contributed by atoms with Crippen molar-refractivity contribution in [3.8, 4) is 41.8 Å². The van der Waals surface area contributed by atoms with Crippen LogP contribution < -0.4 is 9.80 Å². The second-order valence-corrected chi connectivity index (χ2v) is 20.8. The molecular weight excluding hydrogens is 961 g/mol. The minimum atomic E-state index is -0.222. The van der Waals surface area contributed by atoms with E-state index in [4.69, 9.17) is 18.2 Å². The first-order valence-corrected chi connectivity index (χ1v) is 26.8. The Labute approximate surface area is 439 Å². The van der Waals surface area contributed by atoms with Crippen LogP contribution in [-0.4, -0.2) is 40.8 Å². The fraction of sp³-hybridized carbons (Fsp3) is 0.161. The van der Waals surface area contributed by atoms with E-state index < -0.39 is 0 Å². The molecular formula is C62H54N4O4S3. The summed E-state index contributed by atoms with van der Waals surface area (Å²) in [6.45, 7) is 6.52. The number of anilines is 6. The van der Waals surface area contributed by atoms with Crippen LogP contribution in [0.15, 0.2) is 182 Å². The zero-order valence-electron chi connectivity index (χ0n) is 41.2. The van der Waals surface area contributed by atoms with Gasteiger partial charge >= 0.3 is 5.97 Å². The van der Waals surface area contributed by atoms with Crippen LogP contribution in [-0.2, 0) is 31.9 Å². The molecule has 11 heteroatoms. The summed E-state index contributed by atoms with van der Waals surface area (Å²) in [6, 6.07) is 64.9. The number of ether oxygens (including phenoxy) is 2. The van der Waals surface area contributed by atoms with Crippen molar-refractivity contribution in [3.63, 3.8) is 0 Å². The van der Waals surface area contributed by atoms with Crippen molar-refractivity contribution in [2.24, 2.45) is 0 Å². The molecule has 0 fully saturated rings. The highest BCUT2D eigenvalue weighted by Gasteiger charge is 2.19. The number of ketones is 1. The lowest BCUT2D eigenvalue weighted by atomic mass is 10.1. The third-order valence-corrected chi connectivity index (χ3v) is 15.7. The lowest BCUT2D eigenvalue weighted by Gasteiger charge is -2.26. The second-order valence-electron chi connectivity index (χ2n) is 18.1. The first kappa shape index (κ1) is 49.1. The highest BCUT2D eigenvalue weighted by atomic mass is 32.1. The molecule has 0 spiro atoms. The maximum Gasteiger partial charge on any atom is 0.306 e. The zero-order valence-corrected chi connectivity index (χ0v) is 43.7. The SMILES string of the molecule is COCCOC(=O)CCc1ccc(N(c2ccc(C)cc2)c2ccc(-c3ccc(-c4ccc(-c5ccc(-c6ccc(N(c7ccc(C)cc7)c7ccc(CCC(C)=O)cc7)cc6)s5)c5nsnc45)s3)cc2)cc1. The molecule has 0 N–H and O–H groups in total. The molecule has 0 saturated carbocycles. The number of benzene rings is 7. The molecule has 0 radical (unpaired) electrons. The van der Waals surface area contributed by atoms with Crippen molar-refractivity contribution in [3.05, 3.63) is 204 Å². The van der Waals surface area contributed by atoms with Gasteiger partial charge in [0.05, 0.1) is 18.3 Å². The summed E-state index contributed by atoms with van der Waals surface area (Å²) in [7, 11) is 1.59. The summed E-state index contributed by atoms with van der Waals surface area (Å²) < 4.78 is 20.0. The molecule has 73 heavy (non-hydrogen) atoms. The number of methoxy groups -OCH3 is 1. The van der Waals surface area contributed by atoms with Crippen molar-refractivity contribution in [1.82, 2.24) is 8.75 Å². The van der Waals surface area contributed by atoms with Crippen molar-refractivity contribution in [2.75, 3.05) is 30.1 Å². The van der Waals surface area contributed by atoms with Crippen LogP contribution in [0.3, 0.4) is 0 Å². The molecule has 10 aromatic rings. The smallest absolute Gasteiger partial charge is 0.306 e. The molecule has 3 heterocycles. The van der Waals surface area contributed by atoms with E-state index in [1.54, 1.807) is 36.7 Å². The molecule has 364 valence electrons. The number of nitrogens with zero attached hydrogens (tertiary/aromatic N) is 4. The Hall–Kier alpha value is -7.54. The van der Waals surface area contributed by atoms with Gasteiger partial charge in [-0.2, -0.15) is 8.75 Å². The van der Waals surface area contributed by atoms with E-state index in [0.717, 1.165) is 94.7 Å². The van der Waals surface area contributed by atoms with Gasteiger partial charge in [0, 0.05) is 84.7 Å². The predicted octanol–water partition coefficient (Wildman–Crippen LogP) is 16.7. The van der Waals surface area contributed by atoms with Gasteiger partial charge in [0.1, 0.15) is 23.4 Å². The molecule has 7 aromatic carbocycles. The van der Waals surface area contributed by atoms with Crippen molar-refractivity contribution < 1.29 is 19.1 Å². The number of aryl methyl sites for hydroxylation is 4. The van der Waals surface area contributed by atoms with E-state index in [-0.39, 0.29) is 18.4 Å². The van der Waals surface area contributed by atoms with Crippen LogP contribution in [0.4, 0.5) is 34.1 Å². The molecule has 8 nitrogen and oxygen atoms in total. The van der Waals surface area contributed by atoms with Gasteiger partial charge in [-0.05, 0) is 153 Å². The lowest BCUT2D eigenvalue weighted by Crippen LogP contribution is -2.11. The van der Waals surface area contributed by atoms with Crippen LogP contribution in [0.25, 0.3) is 52.8 Å². The van der Waals surface area contributed by atoms with E-state index in [2.05, 4.69) is 206 Å². The number of Topliss-reactive ketones (excluding diaryl/α,β-unsaturated/α-hetero) is 1. The Kier molecular flexibility index (Phi) is 15.1. The number of hydrogen-bond donors (Lipinski definition) is 0. The Balaban J connectivity index is 0.855. The molecule has 0 bridgehead atoms. The number of carbonyl (C=O) groups excluding carboxylic acids is 2. The number of hydrogen-bond acceptors (Lipinski definition) is 11. The van der Waals surface area contributed by atoms with Gasteiger partial charge in [0.25, 0.3) is 0 Å². The van der Waals surface area contributed by atoms with Gasteiger partial charge in [-0.1, -0.05) is 96.1 Å². The maximum absolute atomic E-state index is 12.2. The summed E-state index contributed by atoms with van der Waals surface area (Å²) in [5.41, 5.74) is 17.3. The Morgan fingerprint density at radius 1 is 0.452 bits per heavy atom. The van der Waals surface area contributed by atoms with Gasteiger partial charge in [-0.25, -0.2) is 0 Å². The van der Waals surface area contributed by atoms with E-state index >= 15 is 0 Å². The van der Waals surface area contributed by atoms with Gasteiger partial charge in [0.2, 0.25) is 0 Å². The van der Waals surface area contributed by atoms with Crippen molar-refractivity contribution >= 4 is 91.3 Å². The standard InChI is InChI=1S/C62H54N4O4S3/c1-41-5-20-48(21-6-41)65(50-24-11-44(12-25-50)10-9-43(3)67)52-28-16-46(17-29-52)56-34-36-58(71-56)54-32-33-55(62-61(54)63-73-64-62)59-37-35-57(72-59)47-18-30-53(31-19-47)66(49-22-7-42(2)8-23-49)51-26-13-45(14-27-51)15-38-60(68)70-40-39-69-4/h5-8,11-14,16-37H,9-10,15,38-40H2,1-4H3. The van der Waals surface area contributed by atoms with E-state index in [0.29, 0.717) is 25.9 Å². The third-order valence-electron chi connectivity index (χ3n) is 12.9. The number of carbonyl (C=O) groups is 2. The molecule has 0 atom stereocenters. The van der Waals surface area contributed by atoms with Crippen LogP contribution in [0.1, 0.15) is 42.0 Å². The van der Waals surface area contributed by atoms with Crippen molar-refractivity contribution in [2.45, 2.75) is 46.5 Å². The molecule has 0 aliphatic carbocycles. The summed E-state index contributed by atoms with van der Waals surface area (Å²) in [4.78, 5) is 33.0. The molecule has 0 aliphatic rings. The number of thiophene rings is 2. The highest BCUT2D eigenvalue weighted by Crippen LogP contribution is 2.44.